The van der Waals surface area contributed by atoms with Crippen molar-refractivity contribution in [1.82, 2.24) is 4.90 Å². The van der Waals surface area contributed by atoms with Gasteiger partial charge < -0.3 is 10.0 Å². The smallest absolute Gasteiger partial charge is 0.239 e. The van der Waals surface area contributed by atoms with Crippen molar-refractivity contribution in [3.8, 4) is 0 Å². The summed E-state index contributed by atoms with van der Waals surface area (Å²) in [7, 11) is 0. The Morgan fingerprint density at radius 2 is 1.78 bits per heavy atom. The van der Waals surface area contributed by atoms with Gasteiger partial charge in [0.1, 0.15) is 17.4 Å². The third-order valence-corrected chi connectivity index (χ3v) is 6.24. The highest BCUT2D eigenvalue weighted by Gasteiger charge is 2.59. The first-order valence-electron chi connectivity index (χ1n) is 9.34. The van der Waals surface area contributed by atoms with Crippen LogP contribution in [0.2, 0.25) is 5.02 Å². The molecular weight excluding hydrogens is 362 g/mol. The van der Waals surface area contributed by atoms with Crippen molar-refractivity contribution >= 4 is 23.3 Å². The molecule has 27 heavy (non-hydrogen) atoms. The van der Waals surface area contributed by atoms with Gasteiger partial charge in [-0.2, -0.15) is 0 Å². The van der Waals surface area contributed by atoms with Crippen LogP contribution in [0.5, 0.6) is 0 Å². The lowest BCUT2D eigenvalue weighted by atomic mass is 9.65. The number of aliphatic hydroxyl groups excluding tert-OH is 1. The molecule has 2 fully saturated rings. The predicted molar refractivity (Wildman–Crippen MR) is 103 cm³/mol. The van der Waals surface area contributed by atoms with Crippen LogP contribution in [0.4, 0.5) is 0 Å². The van der Waals surface area contributed by atoms with E-state index in [2.05, 4.69) is 0 Å². The summed E-state index contributed by atoms with van der Waals surface area (Å²) >= 11 is 6.01. The average molecular weight is 384 g/mol. The molecule has 1 amide bonds. The Bertz CT molecular complexity index is 852. The Morgan fingerprint density at radius 3 is 2.41 bits per heavy atom. The second kappa shape index (κ2) is 7.10. The first-order valence-corrected chi connectivity index (χ1v) is 9.72. The van der Waals surface area contributed by atoms with E-state index in [4.69, 9.17) is 11.6 Å². The third-order valence-electron chi connectivity index (χ3n) is 5.98. The molecule has 1 spiro atoms. The minimum absolute atomic E-state index is 0.00240. The van der Waals surface area contributed by atoms with E-state index in [1.54, 1.807) is 12.1 Å². The molecule has 4 rings (SSSR count). The molecule has 0 bridgehead atoms. The molecule has 1 saturated carbocycles. The van der Waals surface area contributed by atoms with Crippen molar-refractivity contribution in [2.45, 2.75) is 44.4 Å². The largest absolute Gasteiger partial charge is 0.373 e. The van der Waals surface area contributed by atoms with Gasteiger partial charge in [0.2, 0.25) is 5.91 Å². The van der Waals surface area contributed by atoms with Crippen LogP contribution in [0.1, 0.15) is 42.7 Å². The summed E-state index contributed by atoms with van der Waals surface area (Å²) < 4.78 is 0. The third kappa shape index (κ3) is 3.07. The fourth-order valence-electron chi connectivity index (χ4n) is 4.64. The van der Waals surface area contributed by atoms with E-state index in [1.165, 1.54) is 4.90 Å². The van der Waals surface area contributed by atoms with Gasteiger partial charge in [0, 0.05) is 30.3 Å². The summed E-state index contributed by atoms with van der Waals surface area (Å²) in [6.45, 7) is 0.309. The Hall–Kier alpha value is -2.17. The zero-order valence-electron chi connectivity index (χ0n) is 15.0. The van der Waals surface area contributed by atoms with Gasteiger partial charge in [-0.3, -0.25) is 9.59 Å². The molecule has 1 aliphatic heterocycles. The van der Waals surface area contributed by atoms with E-state index in [0.29, 0.717) is 37.3 Å². The quantitative estimate of drug-likeness (QED) is 0.817. The van der Waals surface area contributed by atoms with Gasteiger partial charge in [-0.1, -0.05) is 54.1 Å². The maximum Gasteiger partial charge on any atom is 0.239 e. The number of ketones is 1. The summed E-state index contributed by atoms with van der Waals surface area (Å²) in [5, 5.41) is 11.4. The maximum atomic E-state index is 13.5. The number of amides is 1. The summed E-state index contributed by atoms with van der Waals surface area (Å²) in [5.74, 6) is -0.566. The molecule has 2 aromatic rings. The Morgan fingerprint density at radius 1 is 1.07 bits per heavy atom. The van der Waals surface area contributed by atoms with Gasteiger partial charge in [0.25, 0.3) is 0 Å². The van der Waals surface area contributed by atoms with E-state index in [9.17, 15) is 14.7 Å². The van der Waals surface area contributed by atoms with E-state index >= 15 is 0 Å². The number of nitrogens with zero attached hydrogens (tertiary/aromatic N) is 1. The Kier molecular flexibility index (Phi) is 4.79. The van der Waals surface area contributed by atoms with Crippen LogP contribution in [0.3, 0.4) is 0 Å². The number of halogens is 1. The van der Waals surface area contributed by atoms with Gasteiger partial charge in [-0.05, 0) is 36.1 Å². The van der Waals surface area contributed by atoms with E-state index in [-0.39, 0.29) is 17.6 Å². The number of carbonyl (C=O) groups excluding carboxylic acids is 2. The SMILES string of the molecule is O=C1CCC[C@@]12C(=O)N(Cc1ccccc1)[C@H](O)C[C@@H]2c1ccc(Cl)cc1. The summed E-state index contributed by atoms with van der Waals surface area (Å²) in [6.07, 6.45) is 1.11. The fourth-order valence-corrected chi connectivity index (χ4v) is 4.76. The van der Waals surface area contributed by atoms with Crippen molar-refractivity contribution in [2.24, 2.45) is 5.41 Å². The first kappa shape index (κ1) is 18.2. The Labute approximate surface area is 163 Å². The number of hydrogen-bond donors (Lipinski definition) is 1. The second-order valence-corrected chi connectivity index (χ2v) is 7.92. The van der Waals surface area contributed by atoms with Crippen LogP contribution in [0, 0.1) is 5.41 Å². The standard InChI is InChI=1S/C22H22ClNO3/c23-17-10-8-16(9-11-17)18-13-20(26)24(14-15-5-2-1-3-6-15)21(27)22(18)12-4-7-19(22)25/h1-3,5-6,8-11,18,20,26H,4,7,12-14H2/t18-,20-,22+/m1/s1. The minimum atomic E-state index is -1.07. The number of piperidine rings is 1. The number of likely N-dealkylation sites (tertiary alicyclic amines) is 1. The van der Waals surface area contributed by atoms with E-state index in [0.717, 1.165) is 11.1 Å². The molecule has 0 aromatic heterocycles. The molecule has 2 aliphatic rings. The molecule has 2 aromatic carbocycles. The van der Waals surface area contributed by atoms with Gasteiger partial charge in [0.05, 0.1) is 0 Å². The van der Waals surface area contributed by atoms with E-state index < -0.39 is 11.6 Å². The Balaban J connectivity index is 1.72. The van der Waals surface area contributed by atoms with Crippen molar-refractivity contribution < 1.29 is 14.7 Å². The number of Topliss-reactive ketones (excluding diaryl/α,β-unsaturated/α-hetero) is 1. The van der Waals surface area contributed by atoms with Gasteiger partial charge >= 0.3 is 0 Å². The summed E-state index contributed by atoms with van der Waals surface area (Å²) in [4.78, 5) is 28.0. The van der Waals surface area contributed by atoms with Crippen LogP contribution < -0.4 is 0 Å². The fraction of sp³-hybridized carbons (Fsp3) is 0.364. The zero-order valence-corrected chi connectivity index (χ0v) is 15.7. The average Bonchev–Trinajstić information content (AvgIpc) is 3.06. The molecule has 1 saturated heterocycles. The number of rotatable bonds is 3. The number of aliphatic hydroxyl groups is 1. The molecule has 1 N–H and O–H groups in total. The van der Waals surface area contributed by atoms with Gasteiger partial charge in [-0.25, -0.2) is 0 Å². The molecular formula is C22H22ClNO3. The molecule has 0 unspecified atom stereocenters. The van der Waals surface area contributed by atoms with Crippen LogP contribution in [-0.2, 0) is 16.1 Å². The molecule has 1 aliphatic carbocycles. The van der Waals surface area contributed by atoms with Crippen molar-refractivity contribution in [2.75, 3.05) is 0 Å². The van der Waals surface area contributed by atoms with Crippen molar-refractivity contribution in [1.29, 1.82) is 0 Å². The molecule has 5 heteroatoms. The predicted octanol–water partition coefficient (Wildman–Crippen LogP) is 3.91. The topological polar surface area (TPSA) is 57.6 Å². The van der Waals surface area contributed by atoms with E-state index in [1.807, 2.05) is 42.5 Å². The number of hydrogen-bond acceptors (Lipinski definition) is 3. The number of carbonyl (C=O) groups is 2. The highest BCUT2D eigenvalue weighted by Crippen LogP contribution is 2.53. The van der Waals surface area contributed by atoms with Crippen LogP contribution >= 0.6 is 11.6 Å². The van der Waals surface area contributed by atoms with Crippen LogP contribution in [0.15, 0.2) is 54.6 Å². The normalized spacial score (nSPS) is 28.1. The lowest BCUT2D eigenvalue weighted by Crippen LogP contribution is -2.58. The minimum Gasteiger partial charge on any atom is -0.373 e. The molecule has 140 valence electrons. The van der Waals surface area contributed by atoms with Crippen molar-refractivity contribution in [3.63, 3.8) is 0 Å². The summed E-state index contributed by atoms with van der Waals surface area (Å²) in [6, 6.07) is 16.9. The molecule has 3 atom stereocenters. The van der Waals surface area contributed by atoms with Crippen molar-refractivity contribution in [3.05, 3.63) is 70.7 Å². The maximum absolute atomic E-state index is 13.5. The monoisotopic (exact) mass is 383 g/mol. The first-order chi connectivity index (χ1) is 13.0. The summed E-state index contributed by atoms with van der Waals surface area (Å²) in [5.41, 5.74) is 0.763. The molecule has 0 radical (unpaired) electrons. The lowest BCUT2D eigenvalue weighted by Gasteiger charge is -2.47. The molecule has 4 nitrogen and oxygen atoms in total. The lowest BCUT2D eigenvalue weighted by molar-refractivity contribution is -0.169. The zero-order chi connectivity index (χ0) is 19.0. The van der Waals surface area contributed by atoms with Crippen LogP contribution in [-0.4, -0.2) is 27.9 Å². The van der Waals surface area contributed by atoms with Gasteiger partial charge in [-0.15, -0.1) is 0 Å². The molecule has 1 heterocycles. The van der Waals surface area contributed by atoms with Gasteiger partial charge in [0.15, 0.2) is 0 Å². The highest BCUT2D eigenvalue weighted by atomic mass is 35.5. The van der Waals surface area contributed by atoms with Crippen LogP contribution in [0.25, 0.3) is 0 Å². The second-order valence-electron chi connectivity index (χ2n) is 7.49. The highest BCUT2D eigenvalue weighted by molar-refractivity contribution is 6.30. The number of benzene rings is 2.